The summed E-state index contributed by atoms with van der Waals surface area (Å²) in [5, 5.41) is 14.0. The van der Waals surface area contributed by atoms with Gasteiger partial charge in [-0.2, -0.15) is 11.8 Å². The molecule has 1 rings (SSSR count). The molecule has 0 spiro atoms. The zero-order valence-corrected chi connectivity index (χ0v) is 13.1. The Bertz CT molecular complexity index is 374. The van der Waals surface area contributed by atoms with Crippen LogP contribution in [0.15, 0.2) is 22.7 Å². The molecule has 0 heterocycles. The molecule has 0 fully saturated rings. The van der Waals surface area contributed by atoms with Crippen LogP contribution in [-0.4, -0.2) is 29.3 Å². The molecule has 1 aromatic carbocycles. The van der Waals surface area contributed by atoms with Crippen LogP contribution in [0, 0.1) is 0 Å². The Hall–Kier alpha value is 0.260. The first-order valence-electron chi connectivity index (χ1n) is 5.30. The molecule has 0 saturated heterocycles. The summed E-state index contributed by atoms with van der Waals surface area (Å²) in [6.45, 7) is 3.12. The number of nitrogens with one attached hydrogen (secondary N) is 1. The maximum absolute atomic E-state index is 9.99. The van der Waals surface area contributed by atoms with Gasteiger partial charge in [0.1, 0.15) is 0 Å². The number of thioether (sulfide) groups is 1. The van der Waals surface area contributed by atoms with Crippen molar-refractivity contribution in [1.82, 2.24) is 5.32 Å². The minimum atomic E-state index is -0.668. The van der Waals surface area contributed by atoms with Crippen LogP contribution in [0.2, 0.25) is 5.02 Å². The molecule has 0 aliphatic heterocycles. The second kappa shape index (κ2) is 7.00. The molecule has 2 N–H and O–H groups in total. The summed E-state index contributed by atoms with van der Waals surface area (Å²) in [5.41, 5.74) is 0.465. The van der Waals surface area contributed by atoms with E-state index < -0.39 is 5.60 Å². The van der Waals surface area contributed by atoms with E-state index in [2.05, 4.69) is 21.2 Å². The monoisotopic (exact) mass is 337 g/mol. The van der Waals surface area contributed by atoms with Crippen molar-refractivity contribution in [3.8, 4) is 0 Å². The van der Waals surface area contributed by atoms with Crippen molar-refractivity contribution < 1.29 is 5.11 Å². The highest BCUT2D eigenvalue weighted by Crippen LogP contribution is 2.21. The number of halogens is 2. The van der Waals surface area contributed by atoms with Crippen LogP contribution in [0.1, 0.15) is 12.5 Å². The summed E-state index contributed by atoms with van der Waals surface area (Å²) in [4.78, 5) is 0. The smallest absolute Gasteiger partial charge is 0.0833 e. The van der Waals surface area contributed by atoms with Crippen LogP contribution in [0.3, 0.4) is 0 Å². The van der Waals surface area contributed by atoms with Gasteiger partial charge >= 0.3 is 0 Å². The summed E-state index contributed by atoms with van der Waals surface area (Å²) in [5.74, 6) is 0.724. The van der Waals surface area contributed by atoms with Gasteiger partial charge in [0.25, 0.3) is 0 Å². The van der Waals surface area contributed by atoms with Crippen LogP contribution in [-0.2, 0) is 6.54 Å². The lowest BCUT2D eigenvalue weighted by Gasteiger charge is -2.22. The number of rotatable bonds is 6. The van der Waals surface area contributed by atoms with Gasteiger partial charge < -0.3 is 10.4 Å². The first-order valence-corrected chi connectivity index (χ1v) is 7.87. The third-order valence-corrected chi connectivity index (χ3v) is 4.18. The molecule has 2 nitrogen and oxygen atoms in total. The lowest BCUT2D eigenvalue weighted by molar-refractivity contribution is 0.0846. The van der Waals surface area contributed by atoms with Crippen molar-refractivity contribution in [3.63, 3.8) is 0 Å². The Labute approximate surface area is 120 Å². The first kappa shape index (κ1) is 15.3. The Morgan fingerprint density at radius 3 is 2.82 bits per heavy atom. The van der Waals surface area contributed by atoms with E-state index in [0.29, 0.717) is 13.1 Å². The lowest BCUT2D eigenvalue weighted by Crippen LogP contribution is -2.39. The molecule has 96 valence electrons. The Morgan fingerprint density at radius 1 is 1.53 bits per heavy atom. The number of benzene rings is 1. The Balaban J connectivity index is 2.46. The third kappa shape index (κ3) is 5.62. The molecule has 0 aliphatic carbocycles. The van der Waals surface area contributed by atoms with E-state index in [1.54, 1.807) is 11.8 Å². The van der Waals surface area contributed by atoms with Crippen molar-refractivity contribution in [2.45, 2.75) is 19.1 Å². The molecule has 0 saturated carbocycles. The van der Waals surface area contributed by atoms with E-state index in [-0.39, 0.29) is 0 Å². The first-order chi connectivity index (χ1) is 7.94. The van der Waals surface area contributed by atoms with E-state index in [9.17, 15) is 5.11 Å². The highest BCUT2D eigenvalue weighted by Gasteiger charge is 2.18. The van der Waals surface area contributed by atoms with Gasteiger partial charge in [0.05, 0.1) is 5.60 Å². The van der Waals surface area contributed by atoms with Crippen LogP contribution in [0.5, 0.6) is 0 Å². The van der Waals surface area contributed by atoms with Crippen LogP contribution < -0.4 is 5.32 Å². The molecule has 1 aromatic rings. The summed E-state index contributed by atoms with van der Waals surface area (Å²) in [6, 6.07) is 5.71. The average Bonchev–Trinajstić information content (AvgIpc) is 2.21. The number of hydrogen-bond acceptors (Lipinski definition) is 3. The van der Waals surface area contributed by atoms with Crippen LogP contribution in [0.25, 0.3) is 0 Å². The van der Waals surface area contributed by atoms with E-state index in [0.717, 1.165) is 20.8 Å². The molecular formula is C12H17BrClNOS. The van der Waals surface area contributed by atoms with Gasteiger partial charge in [-0.05, 0) is 30.9 Å². The second-order valence-electron chi connectivity index (χ2n) is 4.27. The van der Waals surface area contributed by atoms with Crippen LogP contribution >= 0.6 is 39.3 Å². The number of hydrogen-bond donors (Lipinski definition) is 2. The molecule has 0 amide bonds. The molecule has 0 radical (unpaired) electrons. The number of aliphatic hydroxyl groups is 1. The van der Waals surface area contributed by atoms with Crippen molar-refractivity contribution in [1.29, 1.82) is 0 Å². The lowest BCUT2D eigenvalue weighted by atomic mass is 10.1. The summed E-state index contributed by atoms with van der Waals surface area (Å²) < 4.78 is 0.988. The predicted molar refractivity (Wildman–Crippen MR) is 79.9 cm³/mol. The van der Waals surface area contributed by atoms with Gasteiger partial charge in [0, 0.05) is 28.3 Å². The largest absolute Gasteiger partial charge is 0.388 e. The molecule has 5 heteroatoms. The highest BCUT2D eigenvalue weighted by molar-refractivity contribution is 9.10. The van der Waals surface area contributed by atoms with E-state index in [1.165, 1.54) is 0 Å². The van der Waals surface area contributed by atoms with Crippen molar-refractivity contribution in [2.75, 3.05) is 18.6 Å². The van der Waals surface area contributed by atoms with E-state index in [1.807, 2.05) is 31.4 Å². The van der Waals surface area contributed by atoms with Gasteiger partial charge in [0.15, 0.2) is 0 Å². The van der Waals surface area contributed by atoms with Crippen molar-refractivity contribution in [3.05, 3.63) is 33.3 Å². The normalized spacial score (nSPS) is 14.6. The van der Waals surface area contributed by atoms with E-state index in [4.69, 9.17) is 11.6 Å². The van der Waals surface area contributed by atoms with Crippen molar-refractivity contribution >= 4 is 39.3 Å². The maximum atomic E-state index is 9.99. The highest BCUT2D eigenvalue weighted by atomic mass is 79.9. The predicted octanol–water partition coefficient (Wildman–Crippen LogP) is 3.31. The fourth-order valence-electron chi connectivity index (χ4n) is 1.49. The molecule has 0 aliphatic rings. The molecule has 1 atom stereocenters. The van der Waals surface area contributed by atoms with Gasteiger partial charge in [-0.1, -0.05) is 33.6 Å². The van der Waals surface area contributed by atoms with Gasteiger partial charge in [-0.25, -0.2) is 0 Å². The third-order valence-electron chi connectivity index (χ3n) is 2.29. The fourth-order valence-corrected chi connectivity index (χ4v) is 3.04. The van der Waals surface area contributed by atoms with E-state index >= 15 is 0 Å². The summed E-state index contributed by atoms with van der Waals surface area (Å²) >= 11 is 11.0. The standard InChI is InChI=1S/C12H17BrClNOS/c1-12(16,8-17-2)7-15-6-9-3-4-10(14)5-11(9)13/h3-5,15-16H,6-8H2,1-2H3. The molecular weight excluding hydrogens is 322 g/mol. The maximum Gasteiger partial charge on any atom is 0.0833 e. The molecule has 0 aromatic heterocycles. The van der Waals surface area contributed by atoms with Gasteiger partial charge in [-0.15, -0.1) is 0 Å². The molecule has 0 bridgehead atoms. The van der Waals surface area contributed by atoms with Crippen molar-refractivity contribution in [2.24, 2.45) is 0 Å². The minimum Gasteiger partial charge on any atom is -0.388 e. The zero-order chi connectivity index (χ0) is 12.9. The quantitative estimate of drug-likeness (QED) is 0.834. The van der Waals surface area contributed by atoms with Gasteiger partial charge in [-0.3, -0.25) is 0 Å². The van der Waals surface area contributed by atoms with Gasteiger partial charge in [0.2, 0.25) is 0 Å². The fraction of sp³-hybridized carbons (Fsp3) is 0.500. The molecule has 1 unspecified atom stereocenters. The second-order valence-corrected chi connectivity index (χ2v) is 6.43. The zero-order valence-electron chi connectivity index (χ0n) is 9.96. The van der Waals surface area contributed by atoms with Crippen LogP contribution in [0.4, 0.5) is 0 Å². The summed E-state index contributed by atoms with van der Waals surface area (Å²) in [7, 11) is 0. The Morgan fingerprint density at radius 2 is 2.24 bits per heavy atom. The summed E-state index contributed by atoms with van der Waals surface area (Å²) in [6.07, 6.45) is 1.99. The SMILES string of the molecule is CSCC(C)(O)CNCc1ccc(Cl)cc1Br. The molecule has 17 heavy (non-hydrogen) atoms. The Kier molecular flexibility index (Phi) is 6.31. The topological polar surface area (TPSA) is 32.3 Å². The average molecular weight is 339 g/mol. The minimum absolute atomic E-state index is 0.572.